The lowest BCUT2D eigenvalue weighted by Gasteiger charge is -2.23. The van der Waals surface area contributed by atoms with Gasteiger partial charge in [-0.1, -0.05) is 11.6 Å². The van der Waals surface area contributed by atoms with Crippen LogP contribution in [0.15, 0.2) is 18.2 Å². The molecule has 7 nitrogen and oxygen atoms in total. The third kappa shape index (κ3) is 5.91. The largest absolute Gasteiger partial charge is 0.370 e. The van der Waals surface area contributed by atoms with Crippen molar-refractivity contribution in [1.29, 1.82) is 0 Å². The second kappa shape index (κ2) is 8.97. The highest BCUT2D eigenvalue weighted by Crippen LogP contribution is 2.27. The van der Waals surface area contributed by atoms with Crippen molar-refractivity contribution in [2.75, 3.05) is 44.7 Å². The van der Waals surface area contributed by atoms with E-state index in [4.69, 9.17) is 28.6 Å². The number of thiocarbonyl (C=S) groups is 1. The average Bonchev–Trinajstić information content (AvgIpc) is 2.54. The van der Waals surface area contributed by atoms with Gasteiger partial charge in [0.25, 0.3) is 5.69 Å². The van der Waals surface area contributed by atoms with Crippen molar-refractivity contribution in [2.45, 2.75) is 6.42 Å². The molecule has 1 aliphatic heterocycles. The van der Waals surface area contributed by atoms with E-state index in [0.717, 1.165) is 45.8 Å². The summed E-state index contributed by atoms with van der Waals surface area (Å²) in [6.45, 7) is 5.60. The minimum atomic E-state index is -0.519. The van der Waals surface area contributed by atoms with E-state index in [9.17, 15) is 10.1 Å². The number of morpholine rings is 1. The first-order valence-corrected chi connectivity index (χ1v) is 8.25. The molecule has 1 saturated heterocycles. The summed E-state index contributed by atoms with van der Waals surface area (Å²) in [5.41, 5.74) is 0.396. The van der Waals surface area contributed by atoms with Gasteiger partial charge in [-0.3, -0.25) is 10.1 Å². The zero-order valence-electron chi connectivity index (χ0n) is 12.6. The molecular weight excluding hydrogens is 340 g/mol. The summed E-state index contributed by atoms with van der Waals surface area (Å²) in [6.07, 6.45) is 0.998. The van der Waals surface area contributed by atoms with Gasteiger partial charge < -0.3 is 20.3 Å². The quantitative estimate of drug-likeness (QED) is 0.302. The molecule has 0 aliphatic carbocycles. The average molecular weight is 360 g/mol. The van der Waals surface area contributed by atoms with Crippen LogP contribution in [0.1, 0.15) is 6.42 Å². The van der Waals surface area contributed by atoms with Crippen LogP contribution in [-0.4, -0.2) is 49.4 Å². The van der Waals surface area contributed by atoms with Gasteiger partial charge in [0, 0.05) is 24.7 Å². The molecular formula is C14H20ClN4O3S+. The molecule has 2 rings (SSSR count). The van der Waals surface area contributed by atoms with Gasteiger partial charge in [0.1, 0.15) is 18.1 Å². The molecule has 1 heterocycles. The number of ether oxygens (including phenoxy) is 1. The first-order valence-electron chi connectivity index (χ1n) is 7.46. The van der Waals surface area contributed by atoms with Gasteiger partial charge in [0.15, 0.2) is 5.11 Å². The summed E-state index contributed by atoms with van der Waals surface area (Å²) in [5.74, 6) is 0. The Kier molecular flexibility index (Phi) is 6.97. The standard InChI is InChI=1S/C14H19ClN4O3S/c15-12-3-2-11(10-13(12)19(20)21)17-14(23)16-4-1-5-18-6-8-22-9-7-18/h2-3,10H,1,4-9H2,(H2,16,17,23)/p+1. The lowest BCUT2D eigenvalue weighted by Crippen LogP contribution is -3.14. The molecule has 0 saturated carbocycles. The van der Waals surface area contributed by atoms with Gasteiger partial charge in [-0.15, -0.1) is 0 Å². The van der Waals surface area contributed by atoms with Crippen LogP contribution in [0.25, 0.3) is 0 Å². The van der Waals surface area contributed by atoms with E-state index in [2.05, 4.69) is 10.6 Å². The summed E-state index contributed by atoms with van der Waals surface area (Å²) < 4.78 is 5.32. The van der Waals surface area contributed by atoms with Crippen LogP contribution in [0.2, 0.25) is 5.02 Å². The molecule has 0 spiro atoms. The van der Waals surface area contributed by atoms with Crippen molar-refractivity contribution in [3.63, 3.8) is 0 Å². The zero-order valence-corrected chi connectivity index (χ0v) is 14.2. The third-order valence-corrected chi connectivity index (χ3v) is 4.16. The minimum Gasteiger partial charge on any atom is -0.370 e. The highest BCUT2D eigenvalue weighted by molar-refractivity contribution is 7.80. The number of quaternary nitrogens is 1. The fourth-order valence-electron chi connectivity index (χ4n) is 2.36. The van der Waals surface area contributed by atoms with Gasteiger partial charge in [-0.25, -0.2) is 0 Å². The summed E-state index contributed by atoms with van der Waals surface area (Å²) >= 11 is 11.0. The molecule has 0 bridgehead atoms. The maximum absolute atomic E-state index is 10.9. The Morgan fingerprint density at radius 2 is 2.17 bits per heavy atom. The van der Waals surface area contributed by atoms with Crippen LogP contribution in [-0.2, 0) is 4.74 Å². The molecule has 0 atom stereocenters. The predicted molar refractivity (Wildman–Crippen MR) is 93.3 cm³/mol. The highest BCUT2D eigenvalue weighted by atomic mass is 35.5. The van der Waals surface area contributed by atoms with Crippen molar-refractivity contribution < 1.29 is 14.6 Å². The molecule has 1 aliphatic rings. The number of nitrogens with one attached hydrogen (secondary N) is 3. The molecule has 0 amide bonds. The Balaban J connectivity index is 1.72. The molecule has 9 heteroatoms. The summed E-state index contributed by atoms with van der Waals surface area (Å²) in [6, 6.07) is 4.50. The van der Waals surface area contributed by atoms with Crippen molar-refractivity contribution in [3.05, 3.63) is 33.3 Å². The second-order valence-electron chi connectivity index (χ2n) is 5.27. The normalized spacial score (nSPS) is 15.2. The van der Waals surface area contributed by atoms with E-state index in [-0.39, 0.29) is 10.7 Å². The van der Waals surface area contributed by atoms with E-state index in [0.29, 0.717) is 10.8 Å². The van der Waals surface area contributed by atoms with Gasteiger partial charge in [0.05, 0.1) is 24.7 Å². The second-order valence-corrected chi connectivity index (χ2v) is 6.09. The van der Waals surface area contributed by atoms with Crippen molar-refractivity contribution in [1.82, 2.24) is 5.32 Å². The Labute approximate surface area is 145 Å². The fraction of sp³-hybridized carbons (Fsp3) is 0.500. The number of rotatable bonds is 6. The number of halogens is 1. The van der Waals surface area contributed by atoms with Crippen LogP contribution in [0.3, 0.4) is 0 Å². The molecule has 1 aromatic carbocycles. The van der Waals surface area contributed by atoms with E-state index in [1.165, 1.54) is 12.1 Å². The Bertz CT molecular complexity index is 567. The van der Waals surface area contributed by atoms with Crippen LogP contribution < -0.4 is 15.5 Å². The van der Waals surface area contributed by atoms with E-state index in [1.54, 1.807) is 11.0 Å². The number of anilines is 1. The molecule has 23 heavy (non-hydrogen) atoms. The van der Waals surface area contributed by atoms with Crippen LogP contribution in [0.5, 0.6) is 0 Å². The van der Waals surface area contributed by atoms with Gasteiger partial charge in [0.2, 0.25) is 0 Å². The maximum Gasteiger partial charge on any atom is 0.289 e. The lowest BCUT2D eigenvalue weighted by atomic mass is 10.3. The number of hydrogen-bond donors (Lipinski definition) is 3. The molecule has 3 N–H and O–H groups in total. The summed E-state index contributed by atoms with van der Waals surface area (Å²) in [5, 5.41) is 17.4. The number of hydrogen-bond acceptors (Lipinski definition) is 4. The van der Waals surface area contributed by atoms with Crippen molar-refractivity contribution in [3.8, 4) is 0 Å². The van der Waals surface area contributed by atoms with Crippen LogP contribution >= 0.6 is 23.8 Å². The van der Waals surface area contributed by atoms with E-state index < -0.39 is 4.92 Å². The van der Waals surface area contributed by atoms with Crippen molar-refractivity contribution in [2.24, 2.45) is 0 Å². The monoisotopic (exact) mass is 359 g/mol. The molecule has 0 unspecified atom stereocenters. The molecule has 0 aromatic heterocycles. The first-order chi connectivity index (χ1) is 11.1. The number of benzene rings is 1. The Hall–Kier alpha value is -1.48. The Morgan fingerprint density at radius 3 is 2.87 bits per heavy atom. The predicted octanol–water partition coefficient (Wildman–Crippen LogP) is 0.840. The van der Waals surface area contributed by atoms with Crippen LogP contribution in [0.4, 0.5) is 11.4 Å². The van der Waals surface area contributed by atoms with Crippen LogP contribution in [0, 0.1) is 10.1 Å². The number of nitrogens with zero attached hydrogens (tertiary/aromatic N) is 1. The third-order valence-electron chi connectivity index (χ3n) is 3.59. The maximum atomic E-state index is 10.9. The highest BCUT2D eigenvalue weighted by Gasteiger charge is 2.14. The fourth-order valence-corrected chi connectivity index (χ4v) is 2.76. The summed E-state index contributed by atoms with van der Waals surface area (Å²) in [7, 11) is 0. The van der Waals surface area contributed by atoms with Gasteiger partial charge in [-0.05, 0) is 24.4 Å². The first kappa shape index (κ1) is 17.9. The lowest BCUT2D eigenvalue weighted by molar-refractivity contribution is -0.908. The summed E-state index contributed by atoms with van der Waals surface area (Å²) in [4.78, 5) is 11.9. The molecule has 0 radical (unpaired) electrons. The smallest absolute Gasteiger partial charge is 0.289 e. The number of nitro benzene ring substituents is 1. The SMILES string of the molecule is O=[N+]([O-])c1cc(NC(=S)NCCC[NH+]2CCOCC2)ccc1Cl. The van der Waals surface area contributed by atoms with Gasteiger partial charge in [-0.2, -0.15) is 0 Å². The topological polar surface area (TPSA) is 80.9 Å². The molecule has 126 valence electrons. The van der Waals surface area contributed by atoms with Crippen molar-refractivity contribution >= 4 is 40.3 Å². The Morgan fingerprint density at radius 1 is 1.43 bits per heavy atom. The number of nitro groups is 1. The van der Waals surface area contributed by atoms with Gasteiger partial charge >= 0.3 is 0 Å². The molecule has 1 fully saturated rings. The van der Waals surface area contributed by atoms with E-state index >= 15 is 0 Å². The van der Waals surface area contributed by atoms with E-state index in [1.807, 2.05) is 0 Å². The minimum absolute atomic E-state index is 0.105. The zero-order chi connectivity index (χ0) is 16.7. The molecule has 1 aromatic rings.